The van der Waals surface area contributed by atoms with Gasteiger partial charge in [0.05, 0.1) is 5.41 Å². The summed E-state index contributed by atoms with van der Waals surface area (Å²) in [5.41, 5.74) is -0.836. The summed E-state index contributed by atoms with van der Waals surface area (Å²) >= 11 is 0. The molecule has 1 unspecified atom stereocenters. The lowest BCUT2D eigenvalue weighted by atomic mass is 9.89. The predicted molar refractivity (Wildman–Crippen MR) is 126 cm³/mol. The number of fused-ring (bicyclic) bond motifs is 1. The summed E-state index contributed by atoms with van der Waals surface area (Å²) in [6.07, 6.45) is 2.38. The van der Waals surface area contributed by atoms with E-state index < -0.39 is 17.0 Å². The molecule has 0 aromatic heterocycles. The molecule has 0 spiro atoms. The summed E-state index contributed by atoms with van der Waals surface area (Å²) in [5, 5.41) is 9.69. The standard InChI is InChI=1S/C27H29NO6/c1-5-26(3,4)25(30)31-17-27(6-2,21-10-8-7-9-11-21)34-24(29)20(16-28)14-19-12-13-22-23(15-19)33-18-32-22/h7-15H,5-6,17-18H2,1-4H3/b20-14+. The van der Waals surface area contributed by atoms with Gasteiger partial charge in [-0.2, -0.15) is 5.26 Å². The zero-order chi connectivity index (χ0) is 24.8. The second-order valence-electron chi connectivity index (χ2n) is 8.70. The molecule has 0 saturated carbocycles. The molecule has 0 radical (unpaired) electrons. The van der Waals surface area contributed by atoms with E-state index in [1.54, 1.807) is 32.0 Å². The molecule has 0 N–H and O–H groups in total. The number of hydrogen-bond donors (Lipinski definition) is 0. The lowest BCUT2D eigenvalue weighted by molar-refractivity contribution is -0.176. The summed E-state index contributed by atoms with van der Waals surface area (Å²) < 4.78 is 22.2. The van der Waals surface area contributed by atoms with Crippen LogP contribution in [0.5, 0.6) is 11.5 Å². The zero-order valence-corrected chi connectivity index (χ0v) is 19.9. The molecule has 34 heavy (non-hydrogen) atoms. The maximum atomic E-state index is 13.1. The van der Waals surface area contributed by atoms with Crippen molar-refractivity contribution in [1.29, 1.82) is 5.26 Å². The minimum atomic E-state index is -1.25. The number of benzene rings is 2. The molecule has 1 heterocycles. The molecule has 2 aromatic rings. The van der Waals surface area contributed by atoms with Gasteiger partial charge in [0.2, 0.25) is 6.79 Å². The third-order valence-electron chi connectivity index (χ3n) is 6.08. The lowest BCUT2D eigenvalue weighted by Gasteiger charge is -2.33. The van der Waals surface area contributed by atoms with Crippen molar-refractivity contribution in [2.75, 3.05) is 13.4 Å². The molecular weight excluding hydrogens is 434 g/mol. The van der Waals surface area contributed by atoms with Gasteiger partial charge < -0.3 is 18.9 Å². The van der Waals surface area contributed by atoms with Crippen molar-refractivity contribution in [3.05, 3.63) is 65.2 Å². The van der Waals surface area contributed by atoms with Crippen LogP contribution in [0.4, 0.5) is 0 Å². The van der Waals surface area contributed by atoms with Gasteiger partial charge in [-0.25, -0.2) is 4.79 Å². The minimum absolute atomic E-state index is 0.124. The van der Waals surface area contributed by atoms with Gasteiger partial charge in [-0.15, -0.1) is 0 Å². The molecule has 3 rings (SSSR count). The fraction of sp³-hybridized carbons (Fsp3) is 0.370. The first kappa shape index (κ1) is 24.8. The maximum Gasteiger partial charge on any atom is 0.349 e. The van der Waals surface area contributed by atoms with E-state index >= 15 is 0 Å². The quantitative estimate of drug-likeness (QED) is 0.288. The summed E-state index contributed by atoms with van der Waals surface area (Å²) in [7, 11) is 0. The second-order valence-corrected chi connectivity index (χ2v) is 8.70. The lowest BCUT2D eigenvalue weighted by Crippen LogP contribution is -2.39. The Balaban J connectivity index is 1.89. The average Bonchev–Trinajstić information content (AvgIpc) is 3.33. The molecule has 0 aliphatic carbocycles. The van der Waals surface area contributed by atoms with Crippen LogP contribution in [-0.2, 0) is 24.7 Å². The fourth-order valence-corrected chi connectivity index (χ4v) is 3.35. The van der Waals surface area contributed by atoms with Crippen LogP contribution in [0.1, 0.15) is 51.7 Å². The first-order valence-electron chi connectivity index (χ1n) is 11.2. The van der Waals surface area contributed by atoms with Crippen molar-refractivity contribution in [3.63, 3.8) is 0 Å². The number of rotatable bonds is 9. The van der Waals surface area contributed by atoms with Crippen molar-refractivity contribution in [1.82, 2.24) is 0 Å². The average molecular weight is 464 g/mol. The molecular formula is C27H29NO6. The van der Waals surface area contributed by atoms with Crippen molar-refractivity contribution in [3.8, 4) is 17.6 Å². The Kier molecular flexibility index (Phi) is 7.62. The van der Waals surface area contributed by atoms with E-state index in [0.717, 1.165) is 0 Å². The van der Waals surface area contributed by atoms with Crippen LogP contribution < -0.4 is 9.47 Å². The van der Waals surface area contributed by atoms with Crippen LogP contribution in [0.2, 0.25) is 0 Å². The molecule has 1 aliphatic heterocycles. The van der Waals surface area contributed by atoms with Gasteiger partial charge in [0, 0.05) is 0 Å². The summed E-state index contributed by atoms with van der Waals surface area (Å²) in [6, 6.07) is 16.1. The molecule has 178 valence electrons. The molecule has 0 bridgehead atoms. The minimum Gasteiger partial charge on any atom is -0.461 e. The highest BCUT2D eigenvalue weighted by Gasteiger charge is 2.39. The van der Waals surface area contributed by atoms with E-state index in [2.05, 4.69) is 0 Å². The Bertz CT molecular complexity index is 1120. The van der Waals surface area contributed by atoms with Crippen LogP contribution in [0.3, 0.4) is 0 Å². The molecule has 1 atom stereocenters. The molecule has 7 nitrogen and oxygen atoms in total. The van der Waals surface area contributed by atoms with Gasteiger partial charge in [-0.05, 0) is 56.0 Å². The monoisotopic (exact) mass is 463 g/mol. The van der Waals surface area contributed by atoms with Crippen LogP contribution in [0, 0.1) is 16.7 Å². The highest BCUT2D eigenvalue weighted by atomic mass is 16.7. The molecule has 0 amide bonds. The number of ether oxygens (including phenoxy) is 4. The van der Waals surface area contributed by atoms with Crippen molar-refractivity contribution in [2.45, 2.75) is 46.1 Å². The first-order chi connectivity index (χ1) is 16.2. The maximum absolute atomic E-state index is 13.1. The van der Waals surface area contributed by atoms with Gasteiger partial charge in [-0.3, -0.25) is 4.79 Å². The summed E-state index contributed by atoms with van der Waals surface area (Å²) in [5.74, 6) is -0.0472. The van der Waals surface area contributed by atoms with E-state index in [1.807, 2.05) is 50.2 Å². The largest absolute Gasteiger partial charge is 0.461 e. The normalized spacial score (nSPS) is 14.6. The number of nitrogens with zero attached hydrogens (tertiary/aromatic N) is 1. The fourth-order valence-electron chi connectivity index (χ4n) is 3.35. The van der Waals surface area contributed by atoms with E-state index in [0.29, 0.717) is 35.5 Å². The van der Waals surface area contributed by atoms with Crippen LogP contribution >= 0.6 is 0 Å². The number of carbonyl (C=O) groups is 2. The number of esters is 2. The van der Waals surface area contributed by atoms with E-state index in [1.165, 1.54) is 6.08 Å². The molecule has 2 aromatic carbocycles. The van der Waals surface area contributed by atoms with Crippen LogP contribution in [-0.4, -0.2) is 25.3 Å². The van der Waals surface area contributed by atoms with Crippen molar-refractivity contribution >= 4 is 18.0 Å². The Hall–Kier alpha value is -3.79. The number of hydrogen-bond acceptors (Lipinski definition) is 7. The Morgan fingerprint density at radius 1 is 1.06 bits per heavy atom. The molecule has 0 fully saturated rings. The van der Waals surface area contributed by atoms with Gasteiger partial charge in [0.15, 0.2) is 17.1 Å². The third kappa shape index (κ3) is 5.40. The Morgan fingerprint density at radius 2 is 1.76 bits per heavy atom. The molecule has 7 heteroatoms. The summed E-state index contributed by atoms with van der Waals surface area (Å²) in [4.78, 5) is 25.8. The van der Waals surface area contributed by atoms with Crippen LogP contribution in [0.15, 0.2) is 54.1 Å². The Morgan fingerprint density at radius 3 is 2.41 bits per heavy atom. The van der Waals surface area contributed by atoms with Gasteiger partial charge in [0.25, 0.3) is 0 Å². The van der Waals surface area contributed by atoms with Crippen molar-refractivity contribution < 1.29 is 28.5 Å². The van der Waals surface area contributed by atoms with E-state index in [9.17, 15) is 14.9 Å². The SMILES string of the molecule is CCC(C)(C)C(=O)OCC(CC)(OC(=O)/C(C#N)=C/c1ccc2c(c1)OCO2)c1ccccc1. The topological polar surface area (TPSA) is 94.9 Å². The van der Waals surface area contributed by atoms with Crippen LogP contribution in [0.25, 0.3) is 6.08 Å². The van der Waals surface area contributed by atoms with Crippen molar-refractivity contribution in [2.24, 2.45) is 5.41 Å². The predicted octanol–water partition coefficient (Wildman–Crippen LogP) is 5.15. The molecule has 0 saturated heterocycles. The summed E-state index contributed by atoms with van der Waals surface area (Å²) in [6.45, 7) is 7.32. The Labute approximate surface area is 199 Å². The van der Waals surface area contributed by atoms with Gasteiger partial charge in [-0.1, -0.05) is 50.2 Å². The smallest absolute Gasteiger partial charge is 0.349 e. The van der Waals surface area contributed by atoms with E-state index in [-0.39, 0.29) is 24.9 Å². The zero-order valence-electron chi connectivity index (χ0n) is 19.9. The number of carbonyl (C=O) groups excluding carboxylic acids is 2. The van der Waals surface area contributed by atoms with Gasteiger partial charge >= 0.3 is 11.9 Å². The molecule has 1 aliphatic rings. The van der Waals surface area contributed by atoms with Gasteiger partial charge in [0.1, 0.15) is 18.2 Å². The highest BCUT2D eigenvalue weighted by Crippen LogP contribution is 2.35. The first-order valence-corrected chi connectivity index (χ1v) is 11.2. The highest BCUT2D eigenvalue weighted by molar-refractivity contribution is 5.98. The van der Waals surface area contributed by atoms with E-state index in [4.69, 9.17) is 18.9 Å². The second kappa shape index (κ2) is 10.4. The third-order valence-corrected chi connectivity index (χ3v) is 6.08. The number of nitriles is 1.